The first-order valence-electron chi connectivity index (χ1n) is 3.07. The summed E-state index contributed by atoms with van der Waals surface area (Å²) in [5.41, 5.74) is 0.780. The van der Waals surface area contributed by atoms with Gasteiger partial charge >= 0.3 is 0 Å². The quantitative estimate of drug-likeness (QED) is 0.597. The molecule has 0 radical (unpaired) electrons. The van der Waals surface area contributed by atoms with Crippen molar-refractivity contribution in [2.75, 3.05) is 0 Å². The number of aliphatic hydroxyl groups excluding tert-OH is 1. The van der Waals surface area contributed by atoms with Crippen molar-refractivity contribution in [2.45, 2.75) is 6.92 Å². The van der Waals surface area contributed by atoms with Crippen LogP contribution >= 0.6 is 0 Å². The van der Waals surface area contributed by atoms with Gasteiger partial charge < -0.3 is 5.11 Å². The minimum Gasteiger partial charge on any atom is -0.513 e. The van der Waals surface area contributed by atoms with Gasteiger partial charge in [0.05, 0.1) is 11.5 Å². The second-order valence-electron chi connectivity index (χ2n) is 2.04. The van der Waals surface area contributed by atoms with Crippen molar-refractivity contribution in [1.82, 2.24) is 4.98 Å². The number of hydrogen-bond acceptors (Lipinski definition) is 2. The Morgan fingerprint density at radius 1 is 1.60 bits per heavy atom. The first-order chi connectivity index (χ1) is 4.79. The highest BCUT2D eigenvalue weighted by atomic mass is 16.3. The highest BCUT2D eigenvalue weighted by molar-refractivity contribution is 5.45. The van der Waals surface area contributed by atoms with E-state index < -0.39 is 0 Å². The average Bonchev–Trinajstić information content (AvgIpc) is 1.88. The van der Waals surface area contributed by atoms with E-state index in [-0.39, 0.29) is 5.76 Å². The summed E-state index contributed by atoms with van der Waals surface area (Å²) in [6.45, 7) is 1.62. The molecule has 0 fully saturated rings. The fourth-order valence-corrected chi connectivity index (χ4v) is 0.675. The van der Waals surface area contributed by atoms with Crippen molar-refractivity contribution >= 4 is 6.08 Å². The number of pyridine rings is 1. The lowest BCUT2D eigenvalue weighted by molar-refractivity contribution is 0.419. The second kappa shape index (κ2) is 3.01. The van der Waals surface area contributed by atoms with E-state index in [2.05, 4.69) is 4.98 Å². The molecule has 0 bridgehead atoms. The van der Waals surface area contributed by atoms with Crippen LogP contribution in [0.15, 0.2) is 30.2 Å². The Morgan fingerprint density at radius 2 is 2.40 bits per heavy atom. The molecule has 0 aliphatic carbocycles. The molecule has 1 aromatic rings. The molecule has 0 aliphatic rings. The van der Waals surface area contributed by atoms with E-state index in [4.69, 9.17) is 5.11 Å². The standard InChI is InChI=1S/C8H9NO/c1-7(10)6-8-4-2-3-5-9-8/h2-6,10H,1H3. The van der Waals surface area contributed by atoms with E-state index in [0.29, 0.717) is 0 Å². The van der Waals surface area contributed by atoms with Crippen molar-refractivity contribution in [3.8, 4) is 0 Å². The molecular weight excluding hydrogens is 126 g/mol. The van der Waals surface area contributed by atoms with Crippen LogP contribution in [0.4, 0.5) is 0 Å². The Hall–Kier alpha value is -1.31. The number of nitrogens with zero attached hydrogens (tertiary/aromatic N) is 1. The predicted octanol–water partition coefficient (Wildman–Crippen LogP) is 2.00. The Morgan fingerprint density at radius 3 is 2.90 bits per heavy atom. The molecule has 0 aliphatic heterocycles. The summed E-state index contributed by atoms with van der Waals surface area (Å²) in [5, 5.41) is 8.83. The van der Waals surface area contributed by atoms with Crippen LogP contribution in [0.3, 0.4) is 0 Å². The Bertz CT molecular complexity index is 224. The zero-order valence-electron chi connectivity index (χ0n) is 5.78. The Kier molecular flexibility index (Phi) is 2.05. The number of aliphatic hydroxyl groups is 1. The molecule has 52 valence electrons. The average molecular weight is 135 g/mol. The van der Waals surface area contributed by atoms with Gasteiger partial charge in [0.2, 0.25) is 0 Å². The minimum absolute atomic E-state index is 0.277. The lowest BCUT2D eigenvalue weighted by Crippen LogP contribution is -1.78. The number of allylic oxidation sites excluding steroid dienone is 1. The van der Waals surface area contributed by atoms with Gasteiger partial charge in [-0.25, -0.2) is 0 Å². The highest BCUT2D eigenvalue weighted by Crippen LogP contribution is 1.98. The normalized spacial score (nSPS) is 11.5. The van der Waals surface area contributed by atoms with Gasteiger partial charge in [-0.05, 0) is 19.1 Å². The summed E-state index contributed by atoms with van der Waals surface area (Å²) in [5.74, 6) is 0.277. The zero-order valence-corrected chi connectivity index (χ0v) is 5.78. The number of rotatable bonds is 1. The van der Waals surface area contributed by atoms with E-state index in [9.17, 15) is 0 Å². The molecule has 1 rings (SSSR count). The van der Waals surface area contributed by atoms with Crippen molar-refractivity contribution in [3.63, 3.8) is 0 Å². The molecule has 0 saturated heterocycles. The summed E-state index contributed by atoms with van der Waals surface area (Å²) in [6.07, 6.45) is 3.30. The third-order valence-electron chi connectivity index (χ3n) is 1.04. The summed E-state index contributed by atoms with van der Waals surface area (Å²) < 4.78 is 0. The first-order valence-corrected chi connectivity index (χ1v) is 3.07. The van der Waals surface area contributed by atoms with Crippen molar-refractivity contribution in [2.24, 2.45) is 0 Å². The van der Waals surface area contributed by atoms with Gasteiger partial charge in [-0.15, -0.1) is 0 Å². The summed E-state index contributed by atoms with van der Waals surface area (Å²) >= 11 is 0. The molecule has 0 spiro atoms. The third-order valence-corrected chi connectivity index (χ3v) is 1.04. The predicted molar refractivity (Wildman–Crippen MR) is 40.5 cm³/mol. The molecule has 0 amide bonds. The van der Waals surface area contributed by atoms with Crippen LogP contribution in [0.1, 0.15) is 12.6 Å². The van der Waals surface area contributed by atoms with Crippen LogP contribution in [-0.4, -0.2) is 10.1 Å². The molecule has 2 nitrogen and oxygen atoms in total. The van der Waals surface area contributed by atoms with Gasteiger partial charge in [-0.2, -0.15) is 0 Å². The Labute approximate surface area is 59.9 Å². The molecule has 10 heavy (non-hydrogen) atoms. The van der Waals surface area contributed by atoms with E-state index in [1.54, 1.807) is 19.2 Å². The lowest BCUT2D eigenvalue weighted by Gasteiger charge is -1.90. The SMILES string of the molecule is CC(O)=Cc1ccccn1. The van der Waals surface area contributed by atoms with E-state index >= 15 is 0 Å². The van der Waals surface area contributed by atoms with E-state index in [1.807, 2.05) is 18.2 Å². The smallest absolute Gasteiger partial charge is 0.0913 e. The van der Waals surface area contributed by atoms with Gasteiger partial charge in [0.1, 0.15) is 0 Å². The molecule has 1 N–H and O–H groups in total. The molecule has 0 saturated carbocycles. The van der Waals surface area contributed by atoms with Gasteiger partial charge in [-0.1, -0.05) is 6.07 Å². The van der Waals surface area contributed by atoms with Crippen LogP contribution in [0, 0.1) is 0 Å². The van der Waals surface area contributed by atoms with Gasteiger partial charge in [0, 0.05) is 12.3 Å². The molecule has 2 heteroatoms. The van der Waals surface area contributed by atoms with Gasteiger partial charge in [-0.3, -0.25) is 4.98 Å². The molecule has 0 unspecified atom stereocenters. The maximum Gasteiger partial charge on any atom is 0.0913 e. The van der Waals surface area contributed by atoms with Crippen LogP contribution in [-0.2, 0) is 0 Å². The molecular formula is C8H9NO. The maximum atomic E-state index is 8.83. The molecule has 0 atom stereocenters. The van der Waals surface area contributed by atoms with Gasteiger partial charge in [0.15, 0.2) is 0 Å². The van der Waals surface area contributed by atoms with Crippen molar-refractivity contribution in [1.29, 1.82) is 0 Å². The van der Waals surface area contributed by atoms with Gasteiger partial charge in [0.25, 0.3) is 0 Å². The maximum absolute atomic E-state index is 8.83. The second-order valence-corrected chi connectivity index (χ2v) is 2.04. The van der Waals surface area contributed by atoms with Crippen LogP contribution < -0.4 is 0 Å². The van der Waals surface area contributed by atoms with Crippen LogP contribution in [0.2, 0.25) is 0 Å². The van der Waals surface area contributed by atoms with Crippen LogP contribution in [0.5, 0.6) is 0 Å². The third kappa shape index (κ3) is 1.90. The summed E-state index contributed by atoms with van der Waals surface area (Å²) in [7, 11) is 0. The number of hydrogen-bond donors (Lipinski definition) is 1. The molecule has 1 heterocycles. The minimum atomic E-state index is 0.277. The largest absolute Gasteiger partial charge is 0.513 e. The monoisotopic (exact) mass is 135 g/mol. The molecule has 1 aromatic heterocycles. The topological polar surface area (TPSA) is 33.1 Å². The summed E-state index contributed by atoms with van der Waals surface area (Å²) in [4.78, 5) is 3.98. The van der Waals surface area contributed by atoms with Crippen LogP contribution in [0.25, 0.3) is 6.08 Å². The van der Waals surface area contributed by atoms with E-state index in [1.165, 1.54) is 0 Å². The number of aromatic nitrogens is 1. The summed E-state index contributed by atoms with van der Waals surface area (Å²) in [6, 6.07) is 5.55. The Balaban J connectivity index is 2.87. The molecule has 0 aromatic carbocycles. The highest BCUT2D eigenvalue weighted by Gasteiger charge is 1.85. The van der Waals surface area contributed by atoms with Crippen molar-refractivity contribution in [3.05, 3.63) is 35.8 Å². The van der Waals surface area contributed by atoms with E-state index in [0.717, 1.165) is 5.69 Å². The lowest BCUT2D eigenvalue weighted by atomic mass is 10.3. The zero-order chi connectivity index (χ0) is 7.40. The fourth-order valence-electron chi connectivity index (χ4n) is 0.675. The fraction of sp³-hybridized carbons (Fsp3) is 0.125. The van der Waals surface area contributed by atoms with Crippen molar-refractivity contribution < 1.29 is 5.11 Å². The first kappa shape index (κ1) is 6.81.